The summed E-state index contributed by atoms with van der Waals surface area (Å²) in [7, 11) is 0. The smallest absolute Gasteiger partial charge is 0.344 e. The highest BCUT2D eigenvalue weighted by Crippen LogP contribution is 1.99. The first kappa shape index (κ1) is 39.3. The molecule has 0 aliphatic heterocycles. The Balaban J connectivity index is -0.000000202. The van der Waals surface area contributed by atoms with Crippen molar-refractivity contribution in [3.8, 4) is 0 Å². The Morgan fingerprint density at radius 1 is 0.556 bits per heavy atom. The maximum atomic E-state index is 10.7. The van der Waals surface area contributed by atoms with Gasteiger partial charge >= 0.3 is 35.8 Å². The van der Waals surface area contributed by atoms with Crippen LogP contribution in [0.15, 0.2) is 36.5 Å². The second-order valence-corrected chi connectivity index (χ2v) is 7.21. The summed E-state index contributed by atoms with van der Waals surface area (Å²) in [6.07, 6.45) is -2.09. The molecular formula is C24H38O12. The summed E-state index contributed by atoms with van der Waals surface area (Å²) in [5.74, 6) is -5.54. The first-order valence-corrected chi connectivity index (χ1v) is 10.5. The molecule has 0 aliphatic carbocycles. The van der Waals surface area contributed by atoms with Gasteiger partial charge in [0.25, 0.3) is 0 Å². The Morgan fingerprint density at radius 3 is 0.778 bits per heavy atom. The Morgan fingerprint density at radius 2 is 0.694 bits per heavy atom. The van der Waals surface area contributed by atoms with Crippen LogP contribution in [0.3, 0.4) is 0 Å². The summed E-state index contributed by atoms with van der Waals surface area (Å²) in [6, 6.07) is 0. The van der Waals surface area contributed by atoms with E-state index in [2.05, 4.69) is 47.8 Å². The fourth-order valence-electron chi connectivity index (χ4n) is 0.935. The van der Waals surface area contributed by atoms with E-state index in [-0.39, 0.29) is 16.7 Å². The normalized spacial score (nSPS) is 11.3. The van der Waals surface area contributed by atoms with Crippen molar-refractivity contribution in [2.45, 2.75) is 80.1 Å². The predicted molar refractivity (Wildman–Crippen MR) is 130 cm³/mol. The molecule has 0 fully saturated rings. The van der Waals surface area contributed by atoms with Crippen molar-refractivity contribution < 1.29 is 58.3 Å². The third-order valence-corrected chi connectivity index (χ3v) is 2.94. The number of carbonyl (C=O) groups is 6. The second kappa shape index (κ2) is 21.6. The van der Waals surface area contributed by atoms with Crippen LogP contribution in [0.5, 0.6) is 0 Å². The van der Waals surface area contributed by atoms with E-state index in [1.165, 1.54) is 48.0 Å². The van der Waals surface area contributed by atoms with Crippen LogP contribution in [0, 0.1) is 0 Å². The molecule has 12 heteroatoms. The Bertz CT molecular complexity index is 705. The van der Waals surface area contributed by atoms with Crippen molar-refractivity contribution in [3.63, 3.8) is 0 Å². The number of rotatable bonds is 9. The van der Waals surface area contributed by atoms with Gasteiger partial charge in [0.1, 0.15) is 0 Å². The third kappa shape index (κ3) is 24.7. The number of esters is 3. The zero-order valence-electron chi connectivity index (χ0n) is 22.1. The molecular weight excluding hydrogens is 480 g/mol. The molecule has 0 heterocycles. The third-order valence-electron chi connectivity index (χ3n) is 2.94. The zero-order chi connectivity index (χ0) is 29.8. The average molecular weight is 519 g/mol. The van der Waals surface area contributed by atoms with Gasteiger partial charge in [-0.05, 0) is 41.5 Å². The number of carboxylic acids is 3. The molecule has 0 saturated heterocycles. The number of carbonyl (C=O) groups excluding carboxylic acids is 3. The summed E-state index contributed by atoms with van der Waals surface area (Å²) >= 11 is 0. The molecule has 206 valence electrons. The highest BCUT2D eigenvalue weighted by molar-refractivity contribution is 5.90. The molecule has 0 bridgehead atoms. The van der Waals surface area contributed by atoms with Gasteiger partial charge in [-0.3, -0.25) is 0 Å². The first-order chi connectivity index (χ1) is 16.3. The largest absolute Gasteiger partial charge is 0.479 e. The lowest BCUT2D eigenvalue weighted by Crippen LogP contribution is -2.23. The quantitative estimate of drug-likeness (QED) is 0.230. The monoisotopic (exact) mass is 518 g/mol. The van der Waals surface area contributed by atoms with E-state index in [9.17, 15) is 28.8 Å². The number of aliphatic carboxylic acids is 3. The van der Waals surface area contributed by atoms with Crippen LogP contribution in [-0.4, -0.2) is 69.4 Å². The molecule has 0 amide bonds. The highest BCUT2D eigenvalue weighted by Gasteiger charge is 2.17. The number of carboxylic acid groups (broad SMARTS) is 3. The number of hydrogen-bond donors (Lipinski definition) is 3. The van der Waals surface area contributed by atoms with Crippen molar-refractivity contribution in [3.05, 3.63) is 36.5 Å². The maximum Gasteiger partial charge on any atom is 0.344 e. The minimum Gasteiger partial charge on any atom is -0.479 e. The summed E-state index contributed by atoms with van der Waals surface area (Å²) in [5, 5.41) is 24.9. The van der Waals surface area contributed by atoms with Crippen LogP contribution in [0.25, 0.3) is 0 Å². The topological polar surface area (TPSA) is 191 Å². The fraction of sp³-hybridized carbons (Fsp3) is 0.500. The maximum absolute atomic E-state index is 10.7. The molecule has 3 N–H and O–H groups in total. The van der Waals surface area contributed by atoms with Crippen LogP contribution in [0.1, 0.15) is 61.8 Å². The van der Waals surface area contributed by atoms with Gasteiger partial charge < -0.3 is 29.5 Å². The molecule has 3 atom stereocenters. The van der Waals surface area contributed by atoms with E-state index < -0.39 is 54.1 Å². The Labute approximate surface area is 211 Å². The summed E-state index contributed by atoms with van der Waals surface area (Å²) in [6.45, 7) is 22.4. The molecule has 0 radical (unpaired) electrons. The van der Waals surface area contributed by atoms with E-state index >= 15 is 0 Å². The van der Waals surface area contributed by atoms with Gasteiger partial charge in [-0.2, -0.15) is 0 Å². The standard InChI is InChI=1S/3C7H10O4.C3H8/c3*1-4(2)7(10)11-5(3)6(8)9;1-3-2/h3*5H,1H2,2-3H3,(H,8,9);3H2,1-2H3. The predicted octanol–water partition coefficient (Wildman–Crippen LogP) is 3.15. The molecule has 0 saturated carbocycles. The van der Waals surface area contributed by atoms with Crippen LogP contribution < -0.4 is 0 Å². The number of ether oxygens (including phenoxy) is 3. The molecule has 12 nitrogen and oxygen atoms in total. The van der Waals surface area contributed by atoms with Crippen molar-refractivity contribution in [1.82, 2.24) is 0 Å². The fourth-order valence-corrected chi connectivity index (χ4v) is 0.935. The molecule has 0 aromatic carbocycles. The average Bonchev–Trinajstić information content (AvgIpc) is 2.74. The lowest BCUT2D eigenvalue weighted by Gasteiger charge is -2.07. The summed E-state index contributed by atoms with van der Waals surface area (Å²) < 4.78 is 13.3. The van der Waals surface area contributed by atoms with E-state index in [0.29, 0.717) is 0 Å². The van der Waals surface area contributed by atoms with E-state index in [0.717, 1.165) is 0 Å². The summed E-state index contributed by atoms with van der Waals surface area (Å²) in [4.78, 5) is 62.5. The van der Waals surface area contributed by atoms with Crippen LogP contribution >= 0.6 is 0 Å². The van der Waals surface area contributed by atoms with E-state index in [1.807, 2.05) is 0 Å². The van der Waals surface area contributed by atoms with Crippen molar-refractivity contribution >= 4 is 35.8 Å². The molecule has 3 unspecified atom stereocenters. The minimum absolute atomic E-state index is 0.193. The lowest BCUT2D eigenvalue weighted by atomic mass is 10.3. The van der Waals surface area contributed by atoms with Gasteiger partial charge in [-0.25, -0.2) is 28.8 Å². The van der Waals surface area contributed by atoms with Crippen LogP contribution in [0.4, 0.5) is 0 Å². The zero-order valence-corrected chi connectivity index (χ0v) is 22.1. The number of hydrogen-bond acceptors (Lipinski definition) is 9. The van der Waals surface area contributed by atoms with Gasteiger partial charge in [-0.15, -0.1) is 0 Å². The molecule has 0 aromatic rings. The Hall–Kier alpha value is -3.96. The highest BCUT2D eigenvalue weighted by atomic mass is 16.6. The lowest BCUT2D eigenvalue weighted by molar-refractivity contribution is -0.159. The Kier molecular flexibility index (Phi) is 23.5. The molecule has 36 heavy (non-hydrogen) atoms. The van der Waals surface area contributed by atoms with Gasteiger partial charge in [0, 0.05) is 16.7 Å². The van der Waals surface area contributed by atoms with Crippen LogP contribution in [-0.2, 0) is 43.0 Å². The molecule has 0 rings (SSSR count). The van der Waals surface area contributed by atoms with E-state index in [4.69, 9.17) is 15.3 Å². The van der Waals surface area contributed by atoms with Crippen LogP contribution in [0.2, 0.25) is 0 Å². The van der Waals surface area contributed by atoms with Crippen molar-refractivity contribution in [2.24, 2.45) is 0 Å². The minimum atomic E-state index is -1.17. The second-order valence-electron chi connectivity index (χ2n) is 7.21. The molecule has 0 aromatic heterocycles. The van der Waals surface area contributed by atoms with E-state index in [1.54, 1.807) is 0 Å². The molecule has 0 spiro atoms. The van der Waals surface area contributed by atoms with Gasteiger partial charge in [-0.1, -0.05) is 40.0 Å². The van der Waals surface area contributed by atoms with Crippen molar-refractivity contribution in [2.75, 3.05) is 0 Å². The summed E-state index contributed by atoms with van der Waals surface area (Å²) in [5.41, 5.74) is 0.578. The first-order valence-electron chi connectivity index (χ1n) is 10.5. The molecule has 0 aliphatic rings. The SMILES string of the molecule is C=C(C)C(=O)OC(C)C(=O)O.C=C(C)C(=O)OC(C)C(=O)O.C=C(C)C(=O)OC(C)C(=O)O.CCC. The van der Waals surface area contributed by atoms with Gasteiger partial charge in [0.05, 0.1) is 0 Å². The van der Waals surface area contributed by atoms with Gasteiger partial charge in [0.15, 0.2) is 18.3 Å². The van der Waals surface area contributed by atoms with Crippen molar-refractivity contribution in [1.29, 1.82) is 0 Å². The van der Waals surface area contributed by atoms with Gasteiger partial charge in [0.2, 0.25) is 0 Å².